The molecular formula is C20H9Cl2F5N+. The molecule has 0 fully saturated rings. The van der Waals surface area contributed by atoms with E-state index >= 15 is 0 Å². The number of fused-ring (bicyclic) bond motifs is 2. The number of halogens is 7. The monoisotopic (exact) mass is 428 g/mol. The second kappa shape index (κ2) is 6.57. The number of nitrogens with zero attached hydrogens (tertiary/aromatic N) is 1. The van der Waals surface area contributed by atoms with E-state index in [-0.39, 0.29) is 26.4 Å². The van der Waals surface area contributed by atoms with Crippen LogP contribution in [0.5, 0.6) is 0 Å². The number of aryl methyl sites for hydroxylation is 1. The molecule has 0 atom stereocenters. The summed E-state index contributed by atoms with van der Waals surface area (Å²) in [6.07, 6.45) is 0. The number of hydrogen-bond donors (Lipinski definition) is 0. The number of pyridine rings is 1. The molecule has 0 aliphatic rings. The Labute approximate surface area is 165 Å². The van der Waals surface area contributed by atoms with E-state index in [9.17, 15) is 22.0 Å². The first kappa shape index (κ1) is 18.9. The Morgan fingerprint density at radius 3 is 1.43 bits per heavy atom. The standard InChI is InChI=1S/C20H9Cl2F5N/c1-28-12-4-2-8(21)6-10(12)14(11-7-9(22)3-5-13(11)28)15-16(23)18(25)20(27)19(26)17(15)24/h2-7H,1H3/q+1. The molecule has 0 radical (unpaired) electrons. The Morgan fingerprint density at radius 1 is 0.607 bits per heavy atom. The first-order chi connectivity index (χ1) is 13.2. The molecule has 0 aliphatic heterocycles. The van der Waals surface area contributed by atoms with Gasteiger partial charge in [-0.05, 0) is 24.3 Å². The lowest BCUT2D eigenvalue weighted by molar-refractivity contribution is -0.617. The van der Waals surface area contributed by atoms with Crippen LogP contribution in [0.2, 0.25) is 10.0 Å². The molecule has 4 rings (SSSR count). The highest BCUT2D eigenvalue weighted by molar-refractivity contribution is 6.32. The predicted molar refractivity (Wildman–Crippen MR) is 97.9 cm³/mol. The summed E-state index contributed by atoms with van der Waals surface area (Å²) in [5, 5.41) is 0.902. The summed E-state index contributed by atoms with van der Waals surface area (Å²) in [6.45, 7) is 0. The Balaban J connectivity index is 2.35. The van der Waals surface area contributed by atoms with Gasteiger partial charge in [-0.3, -0.25) is 0 Å². The molecule has 0 saturated carbocycles. The van der Waals surface area contributed by atoms with Crippen LogP contribution in [0, 0.1) is 29.1 Å². The zero-order chi connectivity index (χ0) is 20.3. The molecule has 0 spiro atoms. The van der Waals surface area contributed by atoms with Crippen molar-refractivity contribution in [2.24, 2.45) is 7.05 Å². The van der Waals surface area contributed by atoms with E-state index in [2.05, 4.69) is 0 Å². The van der Waals surface area contributed by atoms with Gasteiger partial charge in [-0.25, -0.2) is 22.0 Å². The summed E-state index contributed by atoms with van der Waals surface area (Å²) in [5.74, 6) is -10.1. The van der Waals surface area contributed by atoms with Crippen molar-refractivity contribution in [2.45, 2.75) is 0 Å². The molecule has 0 saturated heterocycles. The summed E-state index contributed by atoms with van der Waals surface area (Å²) in [7, 11) is 1.70. The fraction of sp³-hybridized carbons (Fsp3) is 0.0500. The quantitative estimate of drug-likeness (QED) is 0.107. The van der Waals surface area contributed by atoms with Gasteiger partial charge in [0.05, 0.1) is 16.3 Å². The molecule has 4 aromatic rings. The lowest BCUT2D eigenvalue weighted by Gasteiger charge is -2.14. The highest BCUT2D eigenvalue weighted by atomic mass is 35.5. The van der Waals surface area contributed by atoms with Gasteiger partial charge in [-0.2, -0.15) is 4.57 Å². The first-order valence-corrected chi connectivity index (χ1v) is 8.70. The normalized spacial score (nSPS) is 11.6. The van der Waals surface area contributed by atoms with Gasteiger partial charge in [0.15, 0.2) is 23.3 Å². The molecule has 0 N–H and O–H groups in total. The summed E-state index contributed by atoms with van der Waals surface area (Å²) in [5.41, 5.74) is -0.242. The highest BCUT2D eigenvalue weighted by Gasteiger charge is 2.30. The summed E-state index contributed by atoms with van der Waals surface area (Å²) < 4.78 is 72.4. The van der Waals surface area contributed by atoms with Crippen molar-refractivity contribution in [3.63, 3.8) is 0 Å². The third-order valence-corrected chi connectivity index (χ3v) is 5.11. The van der Waals surface area contributed by atoms with Gasteiger partial charge < -0.3 is 0 Å². The molecule has 1 nitrogen and oxygen atoms in total. The van der Waals surface area contributed by atoms with Gasteiger partial charge in [0, 0.05) is 27.7 Å². The third kappa shape index (κ3) is 2.63. The maximum atomic E-state index is 14.7. The minimum absolute atomic E-state index is 0.180. The molecule has 0 amide bonds. The maximum Gasteiger partial charge on any atom is 0.213 e. The fourth-order valence-corrected chi connectivity index (χ4v) is 3.71. The van der Waals surface area contributed by atoms with Crippen LogP contribution in [0.25, 0.3) is 32.9 Å². The summed E-state index contributed by atoms with van der Waals surface area (Å²) >= 11 is 12.1. The average molecular weight is 429 g/mol. The van der Waals surface area contributed by atoms with Gasteiger partial charge in [0.25, 0.3) is 0 Å². The van der Waals surface area contributed by atoms with Gasteiger partial charge >= 0.3 is 0 Å². The molecule has 142 valence electrons. The van der Waals surface area contributed by atoms with Crippen LogP contribution in [0.15, 0.2) is 36.4 Å². The minimum atomic E-state index is -2.22. The van der Waals surface area contributed by atoms with Gasteiger partial charge in [0.1, 0.15) is 7.05 Å². The van der Waals surface area contributed by atoms with Crippen molar-refractivity contribution in [3.05, 3.63) is 75.5 Å². The highest BCUT2D eigenvalue weighted by Crippen LogP contribution is 2.40. The van der Waals surface area contributed by atoms with Crippen molar-refractivity contribution in [3.8, 4) is 11.1 Å². The number of rotatable bonds is 1. The van der Waals surface area contributed by atoms with Crippen LogP contribution in [0.4, 0.5) is 22.0 Å². The van der Waals surface area contributed by atoms with E-state index in [1.165, 1.54) is 12.1 Å². The van der Waals surface area contributed by atoms with Gasteiger partial charge in [-0.15, -0.1) is 0 Å². The molecule has 0 aliphatic carbocycles. The zero-order valence-electron chi connectivity index (χ0n) is 14.1. The van der Waals surface area contributed by atoms with Crippen LogP contribution in [-0.2, 0) is 7.05 Å². The van der Waals surface area contributed by atoms with Gasteiger partial charge in [0.2, 0.25) is 16.9 Å². The van der Waals surface area contributed by atoms with E-state index in [1.54, 1.807) is 35.9 Å². The molecule has 1 aromatic heterocycles. The largest absolute Gasteiger partial charge is 0.213 e. The summed E-state index contributed by atoms with van der Waals surface area (Å²) in [4.78, 5) is 0. The SMILES string of the molecule is C[n+]1c2ccc(Cl)cc2c(-c2c(F)c(F)c(F)c(F)c2F)c2cc(Cl)ccc21. The molecule has 28 heavy (non-hydrogen) atoms. The molecule has 1 heterocycles. The van der Waals surface area contributed by atoms with E-state index in [0.717, 1.165) is 0 Å². The first-order valence-electron chi connectivity index (χ1n) is 7.94. The predicted octanol–water partition coefficient (Wildman–Crippen LogP) is 6.49. The topological polar surface area (TPSA) is 3.88 Å². The van der Waals surface area contributed by atoms with Crippen molar-refractivity contribution < 1.29 is 26.5 Å². The Bertz CT molecular complexity index is 1210. The van der Waals surface area contributed by atoms with E-state index in [1.807, 2.05) is 0 Å². The van der Waals surface area contributed by atoms with Crippen molar-refractivity contribution >= 4 is 45.0 Å². The second-order valence-electron chi connectivity index (χ2n) is 6.20. The number of aromatic nitrogens is 1. The van der Waals surface area contributed by atoms with Crippen molar-refractivity contribution in [1.29, 1.82) is 0 Å². The third-order valence-electron chi connectivity index (χ3n) is 4.64. The molecule has 8 heteroatoms. The Morgan fingerprint density at radius 2 is 1.00 bits per heavy atom. The Kier molecular flexibility index (Phi) is 4.43. The molecule has 0 bridgehead atoms. The number of benzene rings is 3. The molecular weight excluding hydrogens is 420 g/mol. The van der Waals surface area contributed by atoms with Crippen LogP contribution in [0.3, 0.4) is 0 Å². The van der Waals surface area contributed by atoms with Gasteiger partial charge in [-0.1, -0.05) is 23.2 Å². The summed E-state index contributed by atoms with van der Waals surface area (Å²) in [6, 6.07) is 9.14. The van der Waals surface area contributed by atoms with E-state index < -0.39 is 34.6 Å². The average Bonchev–Trinajstić information content (AvgIpc) is 2.67. The van der Waals surface area contributed by atoms with Crippen molar-refractivity contribution in [1.82, 2.24) is 0 Å². The van der Waals surface area contributed by atoms with E-state index in [4.69, 9.17) is 23.2 Å². The van der Waals surface area contributed by atoms with Crippen molar-refractivity contribution in [2.75, 3.05) is 0 Å². The fourth-order valence-electron chi connectivity index (χ4n) is 3.37. The maximum absolute atomic E-state index is 14.7. The van der Waals surface area contributed by atoms with Crippen LogP contribution >= 0.6 is 23.2 Å². The molecule has 3 aromatic carbocycles. The van der Waals surface area contributed by atoms with Crippen LogP contribution in [0.1, 0.15) is 0 Å². The second-order valence-corrected chi connectivity index (χ2v) is 7.07. The number of hydrogen-bond acceptors (Lipinski definition) is 0. The lowest BCUT2D eigenvalue weighted by Crippen LogP contribution is -2.30. The smallest absolute Gasteiger partial charge is 0.203 e. The molecule has 0 unspecified atom stereocenters. The van der Waals surface area contributed by atoms with Crippen LogP contribution in [-0.4, -0.2) is 0 Å². The Hall–Kier alpha value is -2.44. The zero-order valence-corrected chi connectivity index (χ0v) is 15.6. The lowest BCUT2D eigenvalue weighted by atomic mass is 9.94. The van der Waals surface area contributed by atoms with Crippen LogP contribution < -0.4 is 4.57 Å². The van der Waals surface area contributed by atoms with E-state index in [0.29, 0.717) is 11.0 Å². The minimum Gasteiger partial charge on any atom is -0.203 e.